The van der Waals surface area contributed by atoms with Gasteiger partial charge in [0.1, 0.15) is 11.5 Å². The van der Waals surface area contributed by atoms with Gasteiger partial charge in [-0.3, -0.25) is 0 Å². The molecule has 0 radical (unpaired) electrons. The number of hydrogen-bond donors (Lipinski definition) is 0. The van der Waals surface area contributed by atoms with E-state index >= 15 is 0 Å². The largest absolute Gasteiger partial charge is 0.491 e. The lowest BCUT2D eigenvalue weighted by molar-refractivity contribution is -0.195. The molecule has 0 N–H and O–H groups in total. The van der Waals surface area contributed by atoms with Gasteiger partial charge in [-0.2, -0.15) is 8.78 Å². The SMILES string of the molecule is CCCCCc1ccc(-c2ccc(OCC(F)(F)Oc3ccc(OCC)c(F)c3)cc2)cc1. The Morgan fingerprint density at radius 3 is 2.00 bits per heavy atom. The number of alkyl halides is 2. The summed E-state index contributed by atoms with van der Waals surface area (Å²) in [6.07, 6.45) is 1.05. The Morgan fingerprint density at radius 2 is 1.39 bits per heavy atom. The first-order valence-corrected chi connectivity index (χ1v) is 11.2. The minimum absolute atomic E-state index is 0.0179. The maximum Gasteiger partial charge on any atom is 0.432 e. The molecule has 33 heavy (non-hydrogen) atoms. The Labute approximate surface area is 193 Å². The van der Waals surface area contributed by atoms with Crippen molar-refractivity contribution >= 4 is 0 Å². The minimum atomic E-state index is -3.63. The predicted octanol–water partition coefficient (Wildman–Crippen LogP) is 7.67. The lowest BCUT2D eigenvalue weighted by atomic mass is 10.0. The van der Waals surface area contributed by atoms with Crippen molar-refractivity contribution in [1.29, 1.82) is 0 Å². The lowest BCUT2D eigenvalue weighted by Crippen LogP contribution is -2.32. The molecule has 3 rings (SSSR count). The molecule has 0 aliphatic rings. The van der Waals surface area contributed by atoms with Crippen LogP contribution in [0.1, 0.15) is 38.7 Å². The average molecular weight is 459 g/mol. The van der Waals surface area contributed by atoms with Crippen molar-refractivity contribution in [2.45, 2.75) is 45.6 Å². The second kappa shape index (κ2) is 11.6. The number of rotatable bonds is 12. The Hall–Kier alpha value is -3.15. The maximum atomic E-state index is 14.2. The Kier molecular flexibility index (Phi) is 8.64. The fraction of sp³-hybridized carbons (Fsp3) is 0.333. The van der Waals surface area contributed by atoms with Crippen LogP contribution in [0.5, 0.6) is 17.2 Å². The Bertz CT molecular complexity index is 1000. The van der Waals surface area contributed by atoms with E-state index in [9.17, 15) is 13.2 Å². The summed E-state index contributed by atoms with van der Waals surface area (Å²) in [5.41, 5.74) is 3.32. The van der Waals surface area contributed by atoms with Gasteiger partial charge in [0, 0.05) is 6.07 Å². The molecule has 3 nitrogen and oxygen atoms in total. The first-order chi connectivity index (χ1) is 15.9. The molecule has 3 aromatic rings. The van der Waals surface area contributed by atoms with Gasteiger partial charge in [-0.15, -0.1) is 0 Å². The molecule has 0 aromatic heterocycles. The molecule has 0 unspecified atom stereocenters. The molecule has 0 fully saturated rings. The summed E-state index contributed by atoms with van der Waals surface area (Å²) in [4.78, 5) is 0. The quantitative estimate of drug-likeness (QED) is 0.261. The van der Waals surface area contributed by atoms with Gasteiger partial charge in [0.25, 0.3) is 0 Å². The van der Waals surface area contributed by atoms with Crippen LogP contribution < -0.4 is 14.2 Å². The summed E-state index contributed by atoms with van der Waals surface area (Å²) >= 11 is 0. The highest BCUT2D eigenvalue weighted by Crippen LogP contribution is 2.28. The summed E-state index contributed by atoms with van der Waals surface area (Å²) in [7, 11) is 0. The zero-order chi connectivity index (χ0) is 23.7. The molecule has 0 aliphatic heterocycles. The number of ether oxygens (including phenoxy) is 3. The van der Waals surface area contributed by atoms with E-state index in [1.54, 1.807) is 19.1 Å². The predicted molar refractivity (Wildman–Crippen MR) is 124 cm³/mol. The number of aryl methyl sites for hydroxylation is 1. The van der Waals surface area contributed by atoms with Crippen molar-refractivity contribution in [2.24, 2.45) is 0 Å². The lowest BCUT2D eigenvalue weighted by Gasteiger charge is -2.19. The summed E-state index contributed by atoms with van der Waals surface area (Å²) in [5, 5.41) is 0. The van der Waals surface area contributed by atoms with Crippen LogP contribution in [0.2, 0.25) is 0 Å². The topological polar surface area (TPSA) is 27.7 Å². The van der Waals surface area contributed by atoms with Crippen LogP contribution in [0.25, 0.3) is 11.1 Å². The highest BCUT2D eigenvalue weighted by Gasteiger charge is 2.33. The summed E-state index contributed by atoms with van der Waals surface area (Å²) < 4.78 is 57.1. The van der Waals surface area contributed by atoms with E-state index < -0.39 is 18.5 Å². The van der Waals surface area contributed by atoms with Gasteiger partial charge in [0.05, 0.1) is 6.61 Å². The van der Waals surface area contributed by atoms with Crippen molar-refractivity contribution in [2.75, 3.05) is 13.2 Å². The number of benzene rings is 3. The summed E-state index contributed by atoms with van der Waals surface area (Å²) in [5.74, 6) is -0.805. The van der Waals surface area contributed by atoms with Gasteiger partial charge in [-0.25, -0.2) is 4.39 Å². The van der Waals surface area contributed by atoms with E-state index in [1.165, 1.54) is 37.0 Å². The number of hydrogen-bond acceptors (Lipinski definition) is 3. The smallest absolute Gasteiger partial charge is 0.432 e. The first kappa shape index (κ1) is 24.5. The molecule has 176 valence electrons. The third kappa shape index (κ3) is 7.45. The third-order valence-electron chi connectivity index (χ3n) is 5.09. The normalized spacial score (nSPS) is 11.3. The van der Waals surface area contributed by atoms with Crippen LogP contribution in [0.15, 0.2) is 66.7 Å². The molecule has 6 heteroatoms. The zero-order valence-corrected chi connectivity index (χ0v) is 19.0. The highest BCUT2D eigenvalue weighted by atomic mass is 19.3. The molecule has 0 amide bonds. The van der Waals surface area contributed by atoms with Crippen LogP contribution in [0, 0.1) is 5.82 Å². The molecule has 0 heterocycles. The van der Waals surface area contributed by atoms with Crippen LogP contribution in [-0.2, 0) is 6.42 Å². The monoisotopic (exact) mass is 458 g/mol. The minimum Gasteiger partial charge on any atom is -0.491 e. The molecule has 0 saturated heterocycles. The van der Waals surface area contributed by atoms with Gasteiger partial charge in [-0.1, -0.05) is 56.2 Å². The van der Waals surface area contributed by atoms with Gasteiger partial charge < -0.3 is 14.2 Å². The van der Waals surface area contributed by atoms with Crippen molar-refractivity contribution in [1.82, 2.24) is 0 Å². The van der Waals surface area contributed by atoms with Gasteiger partial charge >= 0.3 is 6.11 Å². The second-order valence-corrected chi connectivity index (χ2v) is 7.73. The molecule has 3 aromatic carbocycles. The van der Waals surface area contributed by atoms with Gasteiger partial charge in [0.2, 0.25) is 0 Å². The highest BCUT2D eigenvalue weighted by molar-refractivity contribution is 5.64. The second-order valence-electron chi connectivity index (χ2n) is 7.73. The van der Waals surface area contributed by atoms with Crippen molar-refractivity contribution in [3.63, 3.8) is 0 Å². The fourth-order valence-electron chi connectivity index (χ4n) is 3.37. The van der Waals surface area contributed by atoms with Crippen LogP contribution >= 0.6 is 0 Å². The molecule has 0 bridgehead atoms. The first-order valence-electron chi connectivity index (χ1n) is 11.2. The van der Waals surface area contributed by atoms with Crippen molar-refractivity contribution in [3.05, 3.63) is 78.1 Å². The van der Waals surface area contributed by atoms with E-state index in [1.807, 2.05) is 12.1 Å². The maximum absolute atomic E-state index is 14.2. The zero-order valence-electron chi connectivity index (χ0n) is 19.0. The molecule has 0 saturated carbocycles. The molecular formula is C27H29F3O3. The van der Waals surface area contributed by atoms with Gasteiger partial charge in [0.15, 0.2) is 18.2 Å². The standard InChI is InChI=1S/C27H29F3O3/c1-3-5-6-7-20-8-10-21(11-9-20)22-12-14-23(15-13-22)32-19-27(29,30)33-24-16-17-26(31-4-2)25(28)18-24/h8-18H,3-7,19H2,1-2H3. The van der Waals surface area contributed by atoms with Crippen LogP contribution in [-0.4, -0.2) is 19.3 Å². The van der Waals surface area contributed by atoms with E-state index in [-0.39, 0.29) is 23.9 Å². The van der Waals surface area contributed by atoms with Crippen molar-refractivity contribution < 1.29 is 27.4 Å². The Morgan fingerprint density at radius 1 is 0.758 bits per heavy atom. The molecular weight excluding hydrogens is 429 g/mol. The van der Waals surface area contributed by atoms with Crippen LogP contribution in [0.4, 0.5) is 13.2 Å². The summed E-state index contributed by atoms with van der Waals surface area (Å²) in [6, 6.07) is 18.6. The third-order valence-corrected chi connectivity index (χ3v) is 5.09. The van der Waals surface area contributed by atoms with E-state index in [0.29, 0.717) is 0 Å². The Balaban J connectivity index is 1.54. The van der Waals surface area contributed by atoms with Crippen molar-refractivity contribution in [3.8, 4) is 28.4 Å². The van der Waals surface area contributed by atoms with Gasteiger partial charge in [-0.05, 0) is 60.7 Å². The fourth-order valence-corrected chi connectivity index (χ4v) is 3.37. The van der Waals surface area contributed by atoms with Crippen LogP contribution in [0.3, 0.4) is 0 Å². The molecule has 0 spiro atoms. The average Bonchev–Trinajstić information content (AvgIpc) is 2.80. The molecule has 0 atom stereocenters. The van der Waals surface area contributed by atoms with E-state index in [2.05, 4.69) is 35.9 Å². The van der Waals surface area contributed by atoms with E-state index in [4.69, 9.17) is 9.47 Å². The summed E-state index contributed by atoms with van der Waals surface area (Å²) in [6.45, 7) is 3.15. The number of halogens is 3. The van der Waals surface area contributed by atoms with E-state index in [0.717, 1.165) is 23.6 Å². The molecule has 0 aliphatic carbocycles. The number of unbranched alkanes of at least 4 members (excludes halogenated alkanes) is 2.